The number of carbonyl (C=O) groups excluding carboxylic acids is 2. The minimum atomic E-state index is -0.261. The van der Waals surface area contributed by atoms with Gasteiger partial charge in [0.2, 0.25) is 11.8 Å². The van der Waals surface area contributed by atoms with E-state index in [0.717, 1.165) is 45.1 Å². The Kier molecular flexibility index (Phi) is 6.07. The fourth-order valence-electron chi connectivity index (χ4n) is 3.73. The van der Waals surface area contributed by atoms with E-state index in [1.54, 1.807) is 0 Å². The van der Waals surface area contributed by atoms with Gasteiger partial charge in [0, 0.05) is 6.54 Å². The van der Waals surface area contributed by atoms with E-state index in [4.69, 9.17) is 0 Å². The SMILES string of the molecule is CCCCN1C(=O)C(C2CCCCC2)NC(=O)C1CCC. The van der Waals surface area contributed by atoms with Gasteiger partial charge in [0.1, 0.15) is 12.1 Å². The van der Waals surface area contributed by atoms with Gasteiger partial charge in [-0.15, -0.1) is 0 Å². The van der Waals surface area contributed by atoms with Crippen LogP contribution in [-0.4, -0.2) is 35.3 Å². The molecule has 0 spiro atoms. The third-order valence-electron chi connectivity index (χ3n) is 4.96. The molecule has 2 rings (SSSR count). The average molecular weight is 294 g/mol. The van der Waals surface area contributed by atoms with Crippen molar-refractivity contribution in [3.05, 3.63) is 0 Å². The largest absolute Gasteiger partial charge is 0.342 e. The van der Waals surface area contributed by atoms with E-state index in [-0.39, 0.29) is 23.9 Å². The van der Waals surface area contributed by atoms with Gasteiger partial charge in [-0.3, -0.25) is 9.59 Å². The number of unbranched alkanes of at least 4 members (excludes halogenated alkanes) is 1. The summed E-state index contributed by atoms with van der Waals surface area (Å²) >= 11 is 0. The van der Waals surface area contributed by atoms with Crippen LogP contribution >= 0.6 is 0 Å². The van der Waals surface area contributed by atoms with E-state index in [1.807, 2.05) is 4.90 Å². The fourth-order valence-corrected chi connectivity index (χ4v) is 3.73. The molecular formula is C17H30N2O2. The third-order valence-corrected chi connectivity index (χ3v) is 4.96. The van der Waals surface area contributed by atoms with Gasteiger partial charge < -0.3 is 10.2 Å². The first-order valence-electron chi connectivity index (χ1n) is 8.79. The summed E-state index contributed by atoms with van der Waals surface area (Å²) in [6.07, 6.45) is 9.56. The molecule has 2 aliphatic rings. The quantitative estimate of drug-likeness (QED) is 0.819. The molecule has 21 heavy (non-hydrogen) atoms. The smallest absolute Gasteiger partial charge is 0.246 e. The molecule has 1 N–H and O–H groups in total. The lowest BCUT2D eigenvalue weighted by molar-refractivity contribution is -0.151. The predicted octanol–water partition coefficient (Wildman–Crippen LogP) is 2.86. The predicted molar refractivity (Wildman–Crippen MR) is 83.8 cm³/mol. The molecule has 0 bridgehead atoms. The normalized spacial score (nSPS) is 27.8. The van der Waals surface area contributed by atoms with Crippen LogP contribution in [0, 0.1) is 5.92 Å². The summed E-state index contributed by atoms with van der Waals surface area (Å²) in [4.78, 5) is 27.2. The van der Waals surface area contributed by atoms with E-state index < -0.39 is 0 Å². The van der Waals surface area contributed by atoms with Crippen molar-refractivity contribution in [3.8, 4) is 0 Å². The molecule has 0 radical (unpaired) electrons. The molecular weight excluding hydrogens is 264 g/mol. The van der Waals surface area contributed by atoms with Crippen molar-refractivity contribution < 1.29 is 9.59 Å². The highest BCUT2D eigenvalue weighted by Gasteiger charge is 2.42. The summed E-state index contributed by atoms with van der Waals surface area (Å²) in [6.45, 7) is 4.93. The maximum atomic E-state index is 12.9. The van der Waals surface area contributed by atoms with Crippen LogP contribution in [0.15, 0.2) is 0 Å². The van der Waals surface area contributed by atoms with Crippen LogP contribution < -0.4 is 5.32 Å². The first-order chi connectivity index (χ1) is 10.2. The number of nitrogens with zero attached hydrogens (tertiary/aromatic N) is 1. The summed E-state index contributed by atoms with van der Waals surface area (Å²) in [5, 5.41) is 3.05. The standard InChI is InChI=1S/C17H30N2O2/c1-3-5-12-19-14(9-4-2)16(20)18-15(17(19)21)13-10-7-6-8-11-13/h13-15H,3-12H2,1-2H3,(H,18,20). The minimum Gasteiger partial charge on any atom is -0.342 e. The Morgan fingerprint density at radius 1 is 1.10 bits per heavy atom. The van der Waals surface area contributed by atoms with E-state index in [0.29, 0.717) is 5.92 Å². The number of hydrogen-bond donors (Lipinski definition) is 1. The van der Waals surface area contributed by atoms with E-state index in [1.165, 1.54) is 19.3 Å². The summed E-state index contributed by atoms with van der Waals surface area (Å²) in [5.74, 6) is 0.596. The Bertz CT molecular complexity index is 364. The fraction of sp³-hybridized carbons (Fsp3) is 0.882. The number of nitrogens with one attached hydrogen (secondary N) is 1. The molecule has 1 heterocycles. The number of piperazine rings is 1. The van der Waals surface area contributed by atoms with Crippen LogP contribution in [0.4, 0.5) is 0 Å². The monoisotopic (exact) mass is 294 g/mol. The number of rotatable bonds is 6. The van der Waals surface area contributed by atoms with Gasteiger partial charge in [-0.25, -0.2) is 0 Å². The molecule has 120 valence electrons. The second-order valence-corrected chi connectivity index (χ2v) is 6.57. The highest BCUT2D eigenvalue weighted by Crippen LogP contribution is 2.30. The summed E-state index contributed by atoms with van der Waals surface area (Å²) in [5.41, 5.74) is 0. The Balaban J connectivity index is 2.11. The maximum absolute atomic E-state index is 12.9. The Morgan fingerprint density at radius 3 is 2.43 bits per heavy atom. The van der Waals surface area contributed by atoms with Crippen molar-refractivity contribution in [1.82, 2.24) is 10.2 Å². The van der Waals surface area contributed by atoms with E-state index >= 15 is 0 Å². The van der Waals surface area contributed by atoms with Crippen LogP contribution in [0.1, 0.15) is 71.6 Å². The second-order valence-electron chi connectivity index (χ2n) is 6.57. The molecule has 0 aromatic heterocycles. The molecule has 4 nitrogen and oxygen atoms in total. The third kappa shape index (κ3) is 3.78. The molecule has 1 aliphatic carbocycles. The second kappa shape index (κ2) is 7.81. The van der Waals surface area contributed by atoms with E-state index in [2.05, 4.69) is 19.2 Å². The van der Waals surface area contributed by atoms with Gasteiger partial charge in [0.05, 0.1) is 0 Å². The molecule has 2 atom stereocenters. The molecule has 2 amide bonds. The molecule has 1 aliphatic heterocycles. The zero-order valence-corrected chi connectivity index (χ0v) is 13.6. The Morgan fingerprint density at radius 2 is 1.81 bits per heavy atom. The highest BCUT2D eigenvalue weighted by molar-refractivity contribution is 5.97. The van der Waals surface area contributed by atoms with Crippen LogP contribution in [0.2, 0.25) is 0 Å². The van der Waals surface area contributed by atoms with Crippen LogP contribution in [0.25, 0.3) is 0 Å². The van der Waals surface area contributed by atoms with Crippen molar-refractivity contribution in [1.29, 1.82) is 0 Å². The van der Waals surface area contributed by atoms with Crippen molar-refractivity contribution in [2.45, 2.75) is 83.7 Å². The van der Waals surface area contributed by atoms with Crippen molar-refractivity contribution in [2.24, 2.45) is 5.92 Å². The molecule has 1 saturated carbocycles. The van der Waals surface area contributed by atoms with Gasteiger partial charge in [0.25, 0.3) is 0 Å². The number of amides is 2. The van der Waals surface area contributed by atoms with Gasteiger partial charge in [-0.05, 0) is 31.6 Å². The summed E-state index contributed by atoms with van der Waals surface area (Å²) in [7, 11) is 0. The van der Waals surface area contributed by atoms with Crippen molar-refractivity contribution in [3.63, 3.8) is 0 Å². The molecule has 4 heteroatoms. The first kappa shape index (κ1) is 16.3. The summed E-state index contributed by atoms with van der Waals surface area (Å²) in [6, 6.07) is -0.503. The lowest BCUT2D eigenvalue weighted by Crippen LogP contribution is -2.65. The van der Waals surface area contributed by atoms with Gasteiger partial charge in [0.15, 0.2) is 0 Å². The van der Waals surface area contributed by atoms with Crippen LogP contribution in [-0.2, 0) is 9.59 Å². The van der Waals surface area contributed by atoms with Crippen LogP contribution in [0.3, 0.4) is 0 Å². The molecule has 2 unspecified atom stereocenters. The molecule has 2 fully saturated rings. The molecule has 0 aromatic rings. The lowest BCUT2D eigenvalue weighted by Gasteiger charge is -2.42. The zero-order valence-electron chi connectivity index (χ0n) is 13.6. The molecule has 0 aromatic carbocycles. The Labute approximate surface area is 128 Å². The van der Waals surface area contributed by atoms with Gasteiger partial charge in [-0.1, -0.05) is 46.0 Å². The average Bonchev–Trinajstić information content (AvgIpc) is 2.51. The van der Waals surface area contributed by atoms with Crippen LogP contribution in [0.5, 0.6) is 0 Å². The van der Waals surface area contributed by atoms with Gasteiger partial charge >= 0.3 is 0 Å². The minimum absolute atomic E-state index is 0.0723. The van der Waals surface area contributed by atoms with Crippen molar-refractivity contribution in [2.75, 3.05) is 6.54 Å². The first-order valence-corrected chi connectivity index (χ1v) is 8.79. The number of carbonyl (C=O) groups is 2. The zero-order chi connectivity index (χ0) is 15.2. The van der Waals surface area contributed by atoms with Crippen molar-refractivity contribution >= 4 is 11.8 Å². The topological polar surface area (TPSA) is 49.4 Å². The highest BCUT2D eigenvalue weighted by atomic mass is 16.2. The van der Waals surface area contributed by atoms with Gasteiger partial charge in [-0.2, -0.15) is 0 Å². The lowest BCUT2D eigenvalue weighted by atomic mass is 9.82. The maximum Gasteiger partial charge on any atom is 0.246 e. The Hall–Kier alpha value is -1.06. The molecule has 1 saturated heterocycles. The number of hydrogen-bond acceptors (Lipinski definition) is 2. The summed E-state index contributed by atoms with van der Waals surface area (Å²) < 4.78 is 0. The van der Waals surface area contributed by atoms with E-state index in [9.17, 15) is 9.59 Å².